The van der Waals surface area contributed by atoms with E-state index in [0.29, 0.717) is 13.2 Å². The first kappa shape index (κ1) is 12.7. The highest BCUT2D eigenvalue weighted by atomic mass is 16.5. The Hall–Kier alpha value is -1.33. The minimum Gasteiger partial charge on any atom is -0.379 e. The van der Waals surface area contributed by atoms with Crippen molar-refractivity contribution in [1.82, 2.24) is 0 Å². The number of benzene rings is 1. The Morgan fingerprint density at radius 2 is 1.68 bits per heavy atom. The van der Waals surface area contributed by atoms with Crippen LogP contribution in [0, 0.1) is 37.5 Å². The molecular formula is C17H21NO. The van der Waals surface area contributed by atoms with Crippen LogP contribution >= 0.6 is 0 Å². The third-order valence-electron chi connectivity index (χ3n) is 5.19. The minimum absolute atomic E-state index is 0.0537. The van der Waals surface area contributed by atoms with Crippen molar-refractivity contribution in [3.8, 4) is 6.07 Å². The van der Waals surface area contributed by atoms with Gasteiger partial charge in [0.25, 0.3) is 0 Å². The number of hydrogen-bond donors (Lipinski definition) is 0. The summed E-state index contributed by atoms with van der Waals surface area (Å²) in [6.07, 6.45) is 3.23. The quantitative estimate of drug-likeness (QED) is 0.809. The first-order chi connectivity index (χ1) is 9.05. The van der Waals surface area contributed by atoms with Gasteiger partial charge >= 0.3 is 0 Å². The second kappa shape index (κ2) is 4.08. The van der Waals surface area contributed by atoms with Crippen molar-refractivity contribution in [1.29, 1.82) is 5.26 Å². The van der Waals surface area contributed by atoms with Crippen molar-refractivity contribution in [3.05, 3.63) is 34.4 Å². The average Bonchev–Trinajstić information content (AvgIpc) is 2.22. The summed E-state index contributed by atoms with van der Waals surface area (Å²) in [5.74, 6) is 0. The van der Waals surface area contributed by atoms with Gasteiger partial charge in [-0.25, -0.2) is 0 Å². The number of nitrogens with zero attached hydrogens (tertiary/aromatic N) is 1. The van der Waals surface area contributed by atoms with Gasteiger partial charge in [0.2, 0.25) is 0 Å². The molecule has 0 radical (unpaired) electrons. The van der Waals surface area contributed by atoms with Crippen LogP contribution in [0.4, 0.5) is 0 Å². The van der Waals surface area contributed by atoms with Gasteiger partial charge in [0.05, 0.1) is 30.1 Å². The van der Waals surface area contributed by atoms with Gasteiger partial charge in [0.1, 0.15) is 0 Å². The summed E-state index contributed by atoms with van der Waals surface area (Å²) in [4.78, 5) is 0. The average molecular weight is 255 g/mol. The van der Waals surface area contributed by atoms with Crippen LogP contribution in [0.25, 0.3) is 0 Å². The van der Waals surface area contributed by atoms with E-state index in [1.165, 1.54) is 28.7 Å². The minimum atomic E-state index is -0.184. The Balaban J connectivity index is 2.17. The molecular weight excluding hydrogens is 234 g/mol. The molecule has 0 atom stereocenters. The summed E-state index contributed by atoms with van der Waals surface area (Å²) in [7, 11) is 0. The fourth-order valence-electron chi connectivity index (χ4n) is 4.13. The monoisotopic (exact) mass is 255 g/mol. The molecule has 3 rings (SSSR count). The fraction of sp³-hybridized carbons (Fsp3) is 0.588. The molecule has 1 saturated carbocycles. The van der Waals surface area contributed by atoms with Gasteiger partial charge in [-0.15, -0.1) is 0 Å². The van der Waals surface area contributed by atoms with Crippen LogP contribution in [0.2, 0.25) is 0 Å². The third-order valence-corrected chi connectivity index (χ3v) is 5.19. The summed E-state index contributed by atoms with van der Waals surface area (Å²) in [5.41, 5.74) is 5.08. The topological polar surface area (TPSA) is 33.0 Å². The molecule has 1 aromatic carbocycles. The fourth-order valence-corrected chi connectivity index (χ4v) is 4.13. The Bertz CT molecular complexity index is 536. The summed E-state index contributed by atoms with van der Waals surface area (Å²) in [5, 5.41) is 9.73. The third kappa shape index (κ3) is 1.51. The summed E-state index contributed by atoms with van der Waals surface area (Å²) in [6, 6.07) is 7.13. The molecule has 0 aromatic heterocycles. The number of ether oxygens (including phenoxy) is 1. The molecule has 1 aliphatic carbocycles. The molecule has 2 fully saturated rings. The molecule has 0 N–H and O–H groups in total. The second-order valence-corrected chi connectivity index (χ2v) is 6.40. The Morgan fingerprint density at radius 1 is 1.11 bits per heavy atom. The van der Waals surface area contributed by atoms with Crippen LogP contribution in [0.5, 0.6) is 0 Å². The van der Waals surface area contributed by atoms with Crippen molar-refractivity contribution < 1.29 is 4.74 Å². The maximum Gasteiger partial charge on any atom is 0.0715 e. The zero-order chi connectivity index (χ0) is 13.7. The van der Waals surface area contributed by atoms with Gasteiger partial charge in [0, 0.05) is 0 Å². The Morgan fingerprint density at radius 3 is 2.00 bits per heavy atom. The lowest BCUT2D eigenvalue weighted by Gasteiger charge is -2.57. The van der Waals surface area contributed by atoms with Crippen LogP contribution in [-0.4, -0.2) is 13.2 Å². The molecule has 1 aromatic rings. The van der Waals surface area contributed by atoms with Gasteiger partial charge in [-0.2, -0.15) is 5.26 Å². The molecule has 19 heavy (non-hydrogen) atoms. The van der Waals surface area contributed by atoms with Crippen molar-refractivity contribution in [2.45, 2.75) is 45.4 Å². The molecule has 1 aliphatic heterocycles. The molecule has 2 aliphatic rings. The highest BCUT2D eigenvalue weighted by Crippen LogP contribution is 2.59. The molecule has 0 bridgehead atoms. The van der Waals surface area contributed by atoms with E-state index in [-0.39, 0.29) is 10.8 Å². The zero-order valence-corrected chi connectivity index (χ0v) is 12.0. The zero-order valence-electron chi connectivity index (χ0n) is 12.0. The number of nitriles is 1. The van der Waals surface area contributed by atoms with E-state index in [1.54, 1.807) is 0 Å². The van der Waals surface area contributed by atoms with Crippen molar-refractivity contribution >= 4 is 0 Å². The van der Waals surface area contributed by atoms with Crippen LogP contribution in [0.1, 0.15) is 41.5 Å². The predicted molar refractivity (Wildman–Crippen MR) is 75.0 cm³/mol. The van der Waals surface area contributed by atoms with E-state index in [1.807, 2.05) is 0 Å². The van der Waals surface area contributed by atoms with Gasteiger partial charge in [-0.05, 0) is 50.3 Å². The SMILES string of the molecule is Cc1cc(C)c(C2(C3(C#N)CCC3)COC2)c(C)c1. The smallest absolute Gasteiger partial charge is 0.0715 e. The lowest BCUT2D eigenvalue weighted by atomic mass is 9.49. The largest absolute Gasteiger partial charge is 0.379 e. The van der Waals surface area contributed by atoms with Crippen molar-refractivity contribution in [2.24, 2.45) is 5.41 Å². The molecule has 0 amide bonds. The van der Waals surface area contributed by atoms with E-state index in [9.17, 15) is 5.26 Å². The number of hydrogen-bond acceptors (Lipinski definition) is 2. The molecule has 100 valence electrons. The first-order valence-corrected chi connectivity index (χ1v) is 7.12. The molecule has 0 spiro atoms. The molecule has 1 heterocycles. The standard InChI is InChI=1S/C17H21NO/c1-12-7-13(2)15(14(3)8-12)17(10-19-11-17)16(9-18)5-4-6-16/h7-8H,4-6,10-11H2,1-3H3. The van der Waals surface area contributed by atoms with Crippen LogP contribution in [-0.2, 0) is 10.2 Å². The maximum atomic E-state index is 9.73. The van der Waals surface area contributed by atoms with E-state index >= 15 is 0 Å². The van der Waals surface area contributed by atoms with Gasteiger partial charge in [0.15, 0.2) is 0 Å². The molecule has 0 unspecified atom stereocenters. The Kier molecular flexibility index (Phi) is 2.73. The van der Waals surface area contributed by atoms with Crippen LogP contribution < -0.4 is 0 Å². The lowest BCUT2D eigenvalue weighted by Crippen LogP contribution is -2.61. The molecule has 2 heteroatoms. The highest BCUT2D eigenvalue weighted by Gasteiger charge is 2.61. The maximum absolute atomic E-state index is 9.73. The highest BCUT2D eigenvalue weighted by molar-refractivity contribution is 5.48. The van der Waals surface area contributed by atoms with Crippen LogP contribution in [0.15, 0.2) is 12.1 Å². The summed E-state index contributed by atoms with van der Waals surface area (Å²) < 4.78 is 5.57. The van der Waals surface area contributed by atoms with E-state index in [0.717, 1.165) is 12.8 Å². The lowest BCUT2D eigenvalue weighted by molar-refractivity contribution is -0.135. The normalized spacial score (nSPS) is 23.1. The van der Waals surface area contributed by atoms with Crippen molar-refractivity contribution in [3.63, 3.8) is 0 Å². The first-order valence-electron chi connectivity index (χ1n) is 7.12. The molecule has 1 saturated heterocycles. The summed E-state index contributed by atoms with van der Waals surface area (Å²) in [6.45, 7) is 7.92. The van der Waals surface area contributed by atoms with Crippen molar-refractivity contribution in [2.75, 3.05) is 13.2 Å². The number of aryl methyl sites for hydroxylation is 3. The van der Waals surface area contributed by atoms with Gasteiger partial charge in [-0.1, -0.05) is 24.1 Å². The van der Waals surface area contributed by atoms with E-state index < -0.39 is 0 Å². The Labute approximate surface area is 115 Å². The van der Waals surface area contributed by atoms with E-state index in [2.05, 4.69) is 39.0 Å². The number of rotatable bonds is 2. The van der Waals surface area contributed by atoms with Crippen LogP contribution in [0.3, 0.4) is 0 Å². The second-order valence-electron chi connectivity index (χ2n) is 6.40. The van der Waals surface area contributed by atoms with E-state index in [4.69, 9.17) is 4.74 Å². The van der Waals surface area contributed by atoms with Gasteiger partial charge < -0.3 is 4.74 Å². The predicted octanol–water partition coefficient (Wildman–Crippen LogP) is 3.57. The van der Waals surface area contributed by atoms with Gasteiger partial charge in [-0.3, -0.25) is 0 Å². The summed E-state index contributed by atoms with van der Waals surface area (Å²) >= 11 is 0. The molecule has 2 nitrogen and oxygen atoms in total.